The molecule has 0 aliphatic carbocycles. The van der Waals surface area contributed by atoms with E-state index in [0.717, 1.165) is 105 Å². The van der Waals surface area contributed by atoms with Crippen molar-refractivity contribution in [1.29, 1.82) is 0 Å². The van der Waals surface area contributed by atoms with Crippen LogP contribution in [0.1, 0.15) is 0 Å². The Labute approximate surface area is 320 Å². The van der Waals surface area contributed by atoms with E-state index in [2.05, 4.69) is 159 Å². The van der Waals surface area contributed by atoms with E-state index in [-0.39, 0.29) is 0 Å². The first-order chi connectivity index (χ1) is 27.8. The van der Waals surface area contributed by atoms with Crippen molar-refractivity contribution in [2.45, 2.75) is 0 Å². The molecule has 0 aliphatic rings. The van der Waals surface area contributed by atoms with Crippen molar-refractivity contribution >= 4 is 65.6 Å². The zero-order valence-corrected chi connectivity index (χ0v) is 30.0. The molecule has 0 amide bonds. The standard InChI is InChI=1S/C50H31N5O/c1-3-15-32(16-4-1)49-51-52-50(33-17-5-2-6-18-33)55(49)43-27-14-26-42-46(43)38-22-7-10-24-40(38)53(42)34-19-13-20-35(31-34)54-41-25-11-8-23-39(41)47-44(54)30-29-37-36-21-9-12-28-45(36)56-48(37)47/h1-31H. The van der Waals surface area contributed by atoms with Crippen LogP contribution >= 0.6 is 0 Å². The molecule has 6 heteroatoms. The lowest BCUT2D eigenvalue weighted by atomic mass is 10.1. The molecule has 0 radical (unpaired) electrons. The molecule has 262 valence electrons. The van der Waals surface area contributed by atoms with Gasteiger partial charge in [0, 0.05) is 49.4 Å². The average molecular weight is 718 g/mol. The number of furan rings is 1. The van der Waals surface area contributed by atoms with Crippen LogP contribution in [-0.2, 0) is 0 Å². The lowest BCUT2D eigenvalue weighted by Crippen LogP contribution is -2.02. The molecule has 0 bridgehead atoms. The monoisotopic (exact) mass is 717 g/mol. The van der Waals surface area contributed by atoms with Gasteiger partial charge in [0.15, 0.2) is 11.6 Å². The van der Waals surface area contributed by atoms with Gasteiger partial charge in [0.1, 0.15) is 11.2 Å². The first kappa shape index (κ1) is 30.7. The number of para-hydroxylation sites is 3. The fraction of sp³-hybridized carbons (Fsp3) is 0. The van der Waals surface area contributed by atoms with Gasteiger partial charge in [-0.15, -0.1) is 10.2 Å². The maximum absolute atomic E-state index is 6.59. The second kappa shape index (κ2) is 11.9. The number of benzene rings is 8. The summed E-state index contributed by atoms with van der Waals surface area (Å²) in [6.45, 7) is 0. The predicted octanol–water partition coefficient (Wildman–Crippen LogP) is 12.7. The molecule has 0 atom stereocenters. The minimum absolute atomic E-state index is 0.792. The Kier molecular flexibility index (Phi) is 6.53. The minimum Gasteiger partial charge on any atom is -0.455 e. The molecule has 12 aromatic rings. The van der Waals surface area contributed by atoms with Gasteiger partial charge in [0.25, 0.3) is 0 Å². The van der Waals surface area contributed by atoms with Crippen molar-refractivity contribution in [3.05, 3.63) is 188 Å². The molecule has 0 saturated carbocycles. The van der Waals surface area contributed by atoms with Gasteiger partial charge >= 0.3 is 0 Å². The Hall–Kier alpha value is -7.70. The summed E-state index contributed by atoms with van der Waals surface area (Å²) >= 11 is 0. The zero-order valence-electron chi connectivity index (χ0n) is 30.0. The highest BCUT2D eigenvalue weighted by Gasteiger charge is 2.23. The first-order valence-corrected chi connectivity index (χ1v) is 18.8. The zero-order chi connectivity index (χ0) is 36.7. The largest absolute Gasteiger partial charge is 0.455 e. The predicted molar refractivity (Wildman–Crippen MR) is 228 cm³/mol. The van der Waals surface area contributed by atoms with E-state index in [1.165, 1.54) is 0 Å². The van der Waals surface area contributed by atoms with Gasteiger partial charge in [0.2, 0.25) is 0 Å². The van der Waals surface area contributed by atoms with Crippen molar-refractivity contribution in [2.24, 2.45) is 0 Å². The minimum atomic E-state index is 0.792. The molecule has 6 nitrogen and oxygen atoms in total. The van der Waals surface area contributed by atoms with Crippen molar-refractivity contribution in [2.75, 3.05) is 0 Å². The van der Waals surface area contributed by atoms with E-state index in [1.54, 1.807) is 0 Å². The van der Waals surface area contributed by atoms with Crippen LogP contribution in [-0.4, -0.2) is 23.9 Å². The second-order valence-corrected chi connectivity index (χ2v) is 14.2. The second-order valence-electron chi connectivity index (χ2n) is 14.2. The van der Waals surface area contributed by atoms with Crippen LogP contribution in [0.2, 0.25) is 0 Å². The maximum atomic E-state index is 6.59. The SMILES string of the molecule is c1ccc(-c2nnc(-c3ccccc3)n2-c2cccc3c2c2ccccc2n3-c2cccc(-n3c4ccccc4c4c5oc6ccccc6c5ccc43)c2)cc1. The van der Waals surface area contributed by atoms with Crippen LogP contribution in [0.5, 0.6) is 0 Å². The molecule has 0 saturated heterocycles. The summed E-state index contributed by atoms with van der Waals surface area (Å²) in [6.07, 6.45) is 0. The topological polar surface area (TPSA) is 53.7 Å². The average Bonchev–Trinajstić information content (AvgIpc) is 4.04. The fourth-order valence-corrected chi connectivity index (χ4v) is 8.81. The van der Waals surface area contributed by atoms with Gasteiger partial charge < -0.3 is 13.6 Å². The molecular formula is C50H31N5O. The third-order valence-corrected chi connectivity index (χ3v) is 11.2. The van der Waals surface area contributed by atoms with Crippen LogP contribution in [0.25, 0.3) is 105 Å². The molecule has 12 rings (SSSR count). The van der Waals surface area contributed by atoms with Crippen LogP contribution in [0, 0.1) is 0 Å². The number of aromatic nitrogens is 5. The summed E-state index contributed by atoms with van der Waals surface area (Å²) < 4.78 is 13.6. The third kappa shape index (κ3) is 4.38. The summed E-state index contributed by atoms with van der Waals surface area (Å²) in [5.74, 6) is 1.58. The van der Waals surface area contributed by atoms with Crippen molar-refractivity contribution in [3.8, 4) is 39.8 Å². The molecule has 8 aromatic carbocycles. The van der Waals surface area contributed by atoms with E-state index in [0.29, 0.717) is 0 Å². The molecular weight excluding hydrogens is 687 g/mol. The summed E-state index contributed by atoms with van der Waals surface area (Å²) in [6, 6.07) is 66.1. The van der Waals surface area contributed by atoms with Crippen LogP contribution < -0.4 is 0 Å². The number of rotatable bonds is 5. The Balaban J connectivity index is 1.11. The maximum Gasteiger partial charge on any atom is 0.168 e. The van der Waals surface area contributed by atoms with Crippen molar-refractivity contribution in [3.63, 3.8) is 0 Å². The smallest absolute Gasteiger partial charge is 0.168 e. The summed E-state index contributed by atoms with van der Waals surface area (Å²) in [5, 5.41) is 16.4. The fourth-order valence-electron chi connectivity index (χ4n) is 8.81. The third-order valence-electron chi connectivity index (χ3n) is 11.2. The van der Waals surface area contributed by atoms with Crippen LogP contribution in [0.3, 0.4) is 0 Å². The highest BCUT2D eigenvalue weighted by molar-refractivity contribution is 6.24. The lowest BCUT2D eigenvalue weighted by Gasteiger charge is -2.14. The molecule has 0 spiro atoms. The highest BCUT2D eigenvalue weighted by atomic mass is 16.3. The Bertz CT molecular complexity index is 3420. The number of fused-ring (bicyclic) bond motifs is 10. The summed E-state index contributed by atoms with van der Waals surface area (Å²) in [7, 11) is 0. The Morgan fingerprint density at radius 1 is 0.357 bits per heavy atom. The van der Waals surface area contributed by atoms with Gasteiger partial charge in [0.05, 0.1) is 33.1 Å². The molecule has 56 heavy (non-hydrogen) atoms. The number of nitrogens with zero attached hydrogens (tertiary/aromatic N) is 5. The number of hydrogen-bond acceptors (Lipinski definition) is 3. The highest BCUT2D eigenvalue weighted by Crippen LogP contribution is 2.42. The van der Waals surface area contributed by atoms with Gasteiger partial charge in [-0.1, -0.05) is 127 Å². The first-order valence-electron chi connectivity index (χ1n) is 18.8. The molecule has 4 aromatic heterocycles. The van der Waals surface area contributed by atoms with E-state index >= 15 is 0 Å². The van der Waals surface area contributed by atoms with Crippen molar-refractivity contribution in [1.82, 2.24) is 23.9 Å². The van der Waals surface area contributed by atoms with Gasteiger partial charge in [-0.3, -0.25) is 4.57 Å². The summed E-state index contributed by atoms with van der Waals surface area (Å²) in [5.41, 5.74) is 11.4. The van der Waals surface area contributed by atoms with Gasteiger partial charge in [-0.2, -0.15) is 0 Å². The normalized spacial score (nSPS) is 11.9. The molecule has 0 unspecified atom stereocenters. The number of hydrogen-bond donors (Lipinski definition) is 0. The summed E-state index contributed by atoms with van der Waals surface area (Å²) in [4.78, 5) is 0. The van der Waals surface area contributed by atoms with E-state index in [1.807, 2.05) is 42.5 Å². The Morgan fingerprint density at radius 3 is 1.54 bits per heavy atom. The lowest BCUT2D eigenvalue weighted by molar-refractivity contribution is 0.673. The molecule has 0 aliphatic heterocycles. The van der Waals surface area contributed by atoms with Crippen LogP contribution in [0.4, 0.5) is 0 Å². The van der Waals surface area contributed by atoms with Crippen molar-refractivity contribution < 1.29 is 4.42 Å². The molecule has 0 fully saturated rings. The van der Waals surface area contributed by atoms with E-state index in [4.69, 9.17) is 14.6 Å². The molecule has 4 heterocycles. The molecule has 0 N–H and O–H groups in total. The van der Waals surface area contributed by atoms with Gasteiger partial charge in [-0.05, 0) is 60.7 Å². The van der Waals surface area contributed by atoms with Crippen LogP contribution in [0.15, 0.2) is 192 Å². The van der Waals surface area contributed by atoms with Gasteiger partial charge in [-0.25, -0.2) is 0 Å². The Morgan fingerprint density at radius 2 is 0.875 bits per heavy atom. The van der Waals surface area contributed by atoms with E-state index < -0.39 is 0 Å². The van der Waals surface area contributed by atoms with E-state index in [9.17, 15) is 0 Å². The quantitative estimate of drug-likeness (QED) is 0.178.